The molecule has 2 aromatic rings. The van der Waals surface area contributed by atoms with E-state index in [1.54, 1.807) is 38.1 Å². The summed E-state index contributed by atoms with van der Waals surface area (Å²) in [6.45, 7) is 3.95. The lowest BCUT2D eigenvalue weighted by Crippen LogP contribution is -2.30. The largest absolute Gasteiger partial charge is 0.295 e. The molecular weight excluding hydrogens is 392 g/mol. The van der Waals surface area contributed by atoms with Crippen LogP contribution in [0.2, 0.25) is 5.02 Å². The summed E-state index contributed by atoms with van der Waals surface area (Å²) in [5.74, 6) is 0. The van der Waals surface area contributed by atoms with Crippen molar-refractivity contribution in [2.24, 2.45) is 5.10 Å². The van der Waals surface area contributed by atoms with Gasteiger partial charge in [-0.15, -0.1) is 0 Å². The fourth-order valence-corrected chi connectivity index (χ4v) is 4.04. The molecule has 1 N–H and O–H groups in total. The first kappa shape index (κ1) is 20.8. The molecule has 0 spiro atoms. The maximum absolute atomic E-state index is 12.6. The molecule has 0 saturated carbocycles. The quantitative estimate of drug-likeness (QED) is 0.405. The zero-order valence-corrected chi connectivity index (χ0v) is 16.4. The first-order chi connectivity index (χ1) is 12.8. The first-order valence-corrected chi connectivity index (χ1v) is 9.95. The van der Waals surface area contributed by atoms with Gasteiger partial charge in [0.1, 0.15) is 5.69 Å². The summed E-state index contributed by atoms with van der Waals surface area (Å²) in [5.41, 5.74) is 2.88. The Kier molecular flexibility index (Phi) is 6.89. The lowest BCUT2D eigenvalue weighted by molar-refractivity contribution is -0.384. The number of hydrogen-bond acceptors (Lipinski definition) is 6. The molecule has 0 radical (unpaired) electrons. The molecule has 0 atom stereocenters. The monoisotopic (exact) mass is 410 g/mol. The Morgan fingerprint density at radius 1 is 1.22 bits per heavy atom. The molecule has 2 rings (SSSR count). The average Bonchev–Trinajstić information content (AvgIpc) is 2.64. The Hall–Kier alpha value is -2.49. The van der Waals surface area contributed by atoms with Gasteiger partial charge in [0, 0.05) is 29.7 Å². The van der Waals surface area contributed by atoms with Crippen LogP contribution >= 0.6 is 11.6 Å². The molecular formula is C17H19ClN4O4S. The van der Waals surface area contributed by atoms with Gasteiger partial charge < -0.3 is 0 Å². The molecule has 0 bridgehead atoms. The molecule has 27 heavy (non-hydrogen) atoms. The minimum atomic E-state index is -3.80. The number of nitrogens with one attached hydrogen (secondary N) is 1. The molecule has 0 aliphatic carbocycles. The number of benzene rings is 2. The maximum Gasteiger partial charge on any atom is 0.295 e. The van der Waals surface area contributed by atoms with Gasteiger partial charge in [0.15, 0.2) is 0 Å². The molecule has 0 amide bonds. The van der Waals surface area contributed by atoms with Gasteiger partial charge in [0.2, 0.25) is 10.0 Å². The number of nitro groups is 1. The van der Waals surface area contributed by atoms with E-state index < -0.39 is 14.9 Å². The second-order valence-electron chi connectivity index (χ2n) is 5.42. The van der Waals surface area contributed by atoms with Crippen molar-refractivity contribution in [2.45, 2.75) is 18.7 Å². The number of rotatable bonds is 8. The van der Waals surface area contributed by atoms with Crippen LogP contribution in [0.4, 0.5) is 11.4 Å². The maximum atomic E-state index is 12.6. The third-order valence-corrected chi connectivity index (χ3v) is 6.19. The molecule has 0 heterocycles. The second kappa shape index (κ2) is 8.94. The number of halogens is 1. The topological polar surface area (TPSA) is 105 Å². The summed E-state index contributed by atoms with van der Waals surface area (Å²) in [6.07, 6.45) is 1.42. The summed E-state index contributed by atoms with van der Waals surface area (Å²) < 4.78 is 26.3. The first-order valence-electron chi connectivity index (χ1n) is 8.13. The van der Waals surface area contributed by atoms with Crippen LogP contribution in [-0.4, -0.2) is 37.0 Å². The fraction of sp³-hybridized carbons (Fsp3) is 0.235. The third kappa shape index (κ3) is 4.82. The SMILES string of the molecule is CCN(CC)S(=O)(=O)c1ccc(N/N=C/c2ccccc2Cl)c([N+](=O)[O-])c1. The molecule has 0 aliphatic rings. The average molecular weight is 411 g/mol. The van der Waals surface area contributed by atoms with Crippen LogP contribution in [0.3, 0.4) is 0 Å². The van der Waals surface area contributed by atoms with Crippen molar-refractivity contribution < 1.29 is 13.3 Å². The van der Waals surface area contributed by atoms with E-state index in [1.807, 2.05) is 0 Å². The summed E-state index contributed by atoms with van der Waals surface area (Å²) in [6, 6.07) is 10.6. The highest BCUT2D eigenvalue weighted by molar-refractivity contribution is 7.89. The second-order valence-corrected chi connectivity index (χ2v) is 7.76. The highest BCUT2D eigenvalue weighted by atomic mass is 35.5. The van der Waals surface area contributed by atoms with Crippen LogP contribution in [-0.2, 0) is 10.0 Å². The van der Waals surface area contributed by atoms with Crippen LogP contribution in [0, 0.1) is 10.1 Å². The van der Waals surface area contributed by atoms with E-state index in [0.717, 1.165) is 6.07 Å². The Bertz CT molecular complexity index is 959. The Balaban J connectivity index is 2.34. The minimum Gasteiger partial charge on any atom is -0.272 e. The summed E-state index contributed by atoms with van der Waals surface area (Å²) in [4.78, 5) is 10.6. The Morgan fingerprint density at radius 2 is 1.89 bits per heavy atom. The van der Waals surface area contributed by atoms with E-state index in [9.17, 15) is 18.5 Å². The number of sulfonamides is 1. The normalized spacial score (nSPS) is 11.9. The molecule has 0 unspecified atom stereocenters. The summed E-state index contributed by atoms with van der Waals surface area (Å²) in [5, 5.41) is 15.8. The van der Waals surface area contributed by atoms with Gasteiger partial charge >= 0.3 is 0 Å². The van der Waals surface area contributed by atoms with Gasteiger partial charge in [0.05, 0.1) is 16.0 Å². The van der Waals surface area contributed by atoms with Crippen molar-refractivity contribution in [1.82, 2.24) is 4.31 Å². The van der Waals surface area contributed by atoms with Crippen molar-refractivity contribution >= 4 is 39.2 Å². The Labute approximate surface area is 162 Å². The summed E-state index contributed by atoms with van der Waals surface area (Å²) >= 11 is 6.02. The standard InChI is InChI=1S/C17H19ClN4O4S/c1-3-21(4-2)27(25,26)14-9-10-16(17(11-14)22(23)24)20-19-12-13-7-5-6-8-15(13)18/h5-12,20H,3-4H2,1-2H3/b19-12+. The van der Waals surface area contributed by atoms with Crippen LogP contribution in [0.15, 0.2) is 52.5 Å². The lowest BCUT2D eigenvalue weighted by Gasteiger charge is -2.18. The molecule has 0 aliphatic heterocycles. The van der Waals surface area contributed by atoms with Gasteiger partial charge in [0.25, 0.3) is 5.69 Å². The van der Waals surface area contributed by atoms with Crippen LogP contribution in [0.5, 0.6) is 0 Å². The van der Waals surface area contributed by atoms with E-state index >= 15 is 0 Å². The predicted octanol–water partition coefficient (Wildman–Crippen LogP) is 3.72. The number of anilines is 1. The zero-order chi connectivity index (χ0) is 20.0. The van der Waals surface area contributed by atoms with Crippen molar-refractivity contribution in [3.8, 4) is 0 Å². The van der Waals surface area contributed by atoms with E-state index in [4.69, 9.17) is 11.6 Å². The molecule has 2 aromatic carbocycles. The molecule has 0 fully saturated rings. The van der Waals surface area contributed by atoms with Gasteiger partial charge in [-0.05, 0) is 18.2 Å². The molecule has 0 aromatic heterocycles. The third-order valence-electron chi connectivity index (χ3n) is 3.80. The predicted molar refractivity (Wildman–Crippen MR) is 106 cm³/mol. The summed E-state index contributed by atoms with van der Waals surface area (Å²) in [7, 11) is -3.80. The van der Waals surface area contributed by atoms with E-state index in [1.165, 1.54) is 22.7 Å². The molecule has 0 saturated heterocycles. The van der Waals surface area contributed by atoms with Gasteiger partial charge in [-0.3, -0.25) is 15.5 Å². The Morgan fingerprint density at radius 3 is 2.48 bits per heavy atom. The number of nitrogens with zero attached hydrogens (tertiary/aromatic N) is 3. The highest BCUT2D eigenvalue weighted by Crippen LogP contribution is 2.29. The molecule has 10 heteroatoms. The van der Waals surface area contributed by atoms with Crippen LogP contribution in [0.25, 0.3) is 0 Å². The molecule has 8 nitrogen and oxygen atoms in total. The van der Waals surface area contributed by atoms with Gasteiger partial charge in [-0.25, -0.2) is 8.42 Å². The van der Waals surface area contributed by atoms with E-state index in [2.05, 4.69) is 10.5 Å². The van der Waals surface area contributed by atoms with Crippen LogP contribution < -0.4 is 5.43 Å². The minimum absolute atomic E-state index is 0.0711. The smallest absolute Gasteiger partial charge is 0.272 e. The number of hydrazone groups is 1. The number of nitro benzene ring substituents is 1. The van der Waals surface area contributed by atoms with Crippen molar-refractivity contribution in [2.75, 3.05) is 18.5 Å². The van der Waals surface area contributed by atoms with Gasteiger partial charge in [-0.1, -0.05) is 43.6 Å². The highest BCUT2D eigenvalue weighted by Gasteiger charge is 2.25. The van der Waals surface area contributed by atoms with Crippen molar-refractivity contribution in [1.29, 1.82) is 0 Å². The number of hydrogen-bond donors (Lipinski definition) is 1. The van der Waals surface area contributed by atoms with E-state index in [0.29, 0.717) is 10.6 Å². The lowest BCUT2D eigenvalue weighted by atomic mass is 10.2. The van der Waals surface area contributed by atoms with Crippen molar-refractivity contribution in [3.63, 3.8) is 0 Å². The van der Waals surface area contributed by atoms with E-state index in [-0.39, 0.29) is 29.4 Å². The van der Waals surface area contributed by atoms with Crippen LogP contribution in [0.1, 0.15) is 19.4 Å². The fourth-order valence-electron chi connectivity index (χ4n) is 2.38. The zero-order valence-electron chi connectivity index (χ0n) is 14.8. The molecule has 144 valence electrons. The van der Waals surface area contributed by atoms with Gasteiger partial charge in [-0.2, -0.15) is 9.41 Å². The van der Waals surface area contributed by atoms with Crippen molar-refractivity contribution in [3.05, 3.63) is 63.2 Å².